The second kappa shape index (κ2) is 9.38. The van der Waals surface area contributed by atoms with Crippen LogP contribution < -0.4 is 25.8 Å². The highest BCUT2D eigenvalue weighted by atomic mass is 16.5. The number of ether oxygens (including phenoxy) is 2. The second-order valence-corrected chi connectivity index (χ2v) is 8.34. The van der Waals surface area contributed by atoms with Crippen LogP contribution in [0, 0.1) is 5.92 Å². The lowest BCUT2D eigenvalue weighted by molar-refractivity contribution is -0.110. The zero-order valence-electron chi connectivity index (χ0n) is 19.3. The molecule has 0 saturated carbocycles. The van der Waals surface area contributed by atoms with Gasteiger partial charge in [0.1, 0.15) is 0 Å². The Morgan fingerprint density at radius 3 is 2.18 bits per heavy atom. The molecule has 1 unspecified atom stereocenters. The second-order valence-electron chi connectivity index (χ2n) is 8.34. The van der Waals surface area contributed by atoms with Gasteiger partial charge in [-0.3, -0.25) is 4.79 Å². The first kappa shape index (κ1) is 22.4. The summed E-state index contributed by atoms with van der Waals surface area (Å²) in [7, 11) is 3.15. The Morgan fingerprint density at radius 2 is 1.58 bits per heavy atom. The molecule has 4 N–H and O–H groups in total. The summed E-state index contributed by atoms with van der Waals surface area (Å²) in [6.45, 7) is 4.21. The maximum atomic E-state index is 13.1. The zero-order valence-corrected chi connectivity index (χ0v) is 19.3. The molecule has 1 amide bonds. The van der Waals surface area contributed by atoms with E-state index in [-0.39, 0.29) is 11.9 Å². The number of anilines is 2. The van der Waals surface area contributed by atoms with Gasteiger partial charge in [-0.1, -0.05) is 56.3 Å². The van der Waals surface area contributed by atoms with Gasteiger partial charge in [-0.05, 0) is 35.2 Å². The van der Waals surface area contributed by atoms with Crippen LogP contribution in [0.25, 0.3) is 11.3 Å². The lowest BCUT2D eigenvalue weighted by Crippen LogP contribution is -2.16. The largest absolute Gasteiger partial charge is 0.493 e. The lowest BCUT2D eigenvalue weighted by atomic mass is 9.96. The Kier molecular flexibility index (Phi) is 6.38. The topological polar surface area (TPSA) is 85.6 Å². The lowest BCUT2D eigenvalue weighted by Gasteiger charge is -2.18. The summed E-state index contributed by atoms with van der Waals surface area (Å²) in [4.78, 5) is 13.1. The van der Waals surface area contributed by atoms with Gasteiger partial charge < -0.3 is 25.8 Å². The van der Waals surface area contributed by atoms with Gasteiger partial charge in [-0.2, -0.15) is 0 Å². The SMILES string of the molecule is COc1cc2c(cc1OC)/C(=C(/Nc1ccc(C(N)C(C)C)cc1)c1ccccc1)C(=O)N2. The summed E-state index contributed by atoms with van der Waals surface area (Å²) in [5, 5.41) is 6.43. The van der Waals surface area contributed by atoms with Crippen molar-refractivity contribution in [1.29, 1.82) is 0 Å². The number of carbonyl (C=O) groups excluding carboxylic acids is 1. The molecule has 0 fully saturated rings. The van der Waals surface area contributed by atoms with Crippen LogP contribution in [0.1, 0.15) is 36.6 Å². The fourth-order valence-corrected chi connectivity index (χ4v) is 3.95. The van der Waals surface area contributed by atoms with E-state index >= 15 is 0 Å². The smallest absolute Gasteiger partial charge is 0.258 e. The molecule has 1 heterocycles. The standard InChI is InChI=1S/C27H29N3O3/c1-16(2)25(28)17-10-12-19(13-11-17)29-26(18-8-6-5-7-9-18)24-20-14-22(32-3)23(33-4)15-21(20)30-27(24)31/h5-16,25,29H,28H2,1-4H3,(H,30,31)/b26-24-. The summed E-state index contributed by atoms with van der Waals surface area (Å²) in [6.07, 6.45) is 0. The van der Waals surface area contributed by atoms with Crippen molar-refractivity contribution in [2.75, 3.05) is 24.9 Å². The fraction of sp³-hybridized carbons (Fsp3) is 0.222. The third-order valence-corrected chi connectivity index (χ3v) is 5.86. The number of amides is 1. The summed E-state index contributed by atoms with van der Waals surface area (Å²) in [6, 6.07) is 21.4. The van der Waals surface area contributed by atoms with Crippen LogP contribution in [0.5, 0.6) is 11.5 Å². The maximum absolute atomic E-state index is 13.1. The molecule has 33 heavy (non-hydrogen) atoms. The van der Waals surface area contributed by atoms with Gasteiger partial charge in [0.15, 0.2) is 11.5 Å². The Labute approximate surface area is 194 Å². The van der Waals surface area contributed by atoms with Crippen LogP contribution in [0.3, 0.4) is 0 Å². The van der Waals surface area contributed by atoms with E-state index < -0.39 is 0 Å². The predicted octanol–water partition coefficient (Wildman–Crippen LogP) is 5.29. The molecule has 0 bridgehead atoms. The zero-order chi connectivity index (χ0) is 23.5. The molecule has 0 radical (unpaired) electrons. The van der Waals surface area contributed by atoms with Crippen molar-refractivity contribution >= 4 is 28.6 Å². The van der Waals surface area contributed by atoms with Crippen LogP contribution in [0.4, 0.5) is 11.4 Å². The first-order chi connectivity index (χ1) is 15.9. The fourth-order valence-electron chi connectivity index (χ4n) is 3.95. The van der Waals surface area contributed by atoms with Crippen molar-refractivity contribution in [2.24, 2.45) is 11.7 Å². The van der Waals surface area contributed by atoms with Crippen molar-refractivity contribution < 1.29 is 14.3 Å². The average molecular weight is 444 g/mol. The Balaban J connectivity index is 1.82. The summed E-state index contributed by atoms with van der Waals surface area (Å²) < 4.78 is 10.9. The molecule has 3 aromatic carbocycles. The summed E-state index contributed by atoms with van der Waals surface area (Å²) in [5.74, 6) is 1.27. The number of benzene rings is 3. The number of methoxy groups -OCH3 is 2. The van der Waals surface area contributed by atoms with Gasteiger partial charge in [0.05, 0.1) is 31.2 Å². The molecule has 0 aromatic heterocycles. The summed E-state index contributed by atoms with van der Waals surface area (Å²) >= 11 is 0. The summed E-state index contributed by atoms with van der Waals surface area (Å²) in [5.41, 5.74) is 11.8. The Morgan fingerprint density at radius 1 is 0.939 bits per heavy atom. The van der Waals surface area contributed by atoms with Crippen LogP contribution in [-0.2, 0) is 4.79 Å². The highest BCUT2D eigenvalue weighted by Gasteiger charge is 2.30. The van der Waals surface area contributed by atoms with E-state index in [1.165, 1.54) is 0 Å². The molecule has 4 rings (SSSR count). The van der Waals surface area contributed by atoms with E-state index in [1.54, 1.807) is 20.3 Å². The number of nitrogens with one attached hydrogen (secondary N) is 2. The van der Waals surface area contributed by atoms with Crippen molar-refractivity contribution in [3.63, 3.8) is 0 Å². The van der Waals surface area contributed by atoms with Gasteiger partial charge in [-0.15, -0.1) is 0 Å². The molecule has 1 aliphatic heterocycles. The first-order valence-electron chi connectivity index (χ1n) is 10.9. The van der Waals surface area contributed by atoms with E-state index in [1.807, 2.05) is 60.7 Å². The Bertz CT molecular complexity index is 1190. The molecule has 0 aliphatic carbocycles. The molecule has 170 valence electrons. The number of carbonyl (C=O) groups is 1. The van der Waals surface area contributed by atoms with E-state index in [9.17, 15) is 4.79 Å². The number of fused-ring (bicyclic) bond motifs is 1. The average Bonchev–Trinajstić information content (AvgIpc) is 3.16. The van der Waals surface area contributed by atoms with Crippen molar-refractivity contribution in [3.05, 3.63) is 83.4 Å². The van der Waals surface area contributed by atoms with Gasteiger partial charge >= 0.3 is 0 Å². The third kappa shape index (κ3) is 4.43. The quantitative estimate of drug-likeness (QED) is 0.432. The number of hydrogen-bond donors (Lipinski definition) is 3. The van der Waals surface area contributed by atoms with Crippen molar-refractivity contribution in [1.82, 2.24) is 0 Å². The molecular weight excluding hydrogens is 414 g/mol. The van der Waals surface area contributed by atoms with Gasteiger partial charge in [0, 0.05) is 23.4 Å². The highest BCUT2D eigenvalue weighted by molar-refractivity contribution is 6.37. The van der Waals surface area contributed by atoms with Gasteiger partial charge in [0.2, 0.25) is 0 Å². The van der Waals surface area contributed by atoms with E-state index in [2.05, 4.69) is 24.5 Å². The molecule has 6 heteroatoms. The third-order valence-electron chi connectivity index (χ3n) is 5.86. The number of rotatable bonds is 7. The van der Waals surface area contributed by atoms with Crippen LogP contribution in [0.15, 0.2) is 66.7 Å². The van der Waals surface area contributed by atoms with E-state index in [4.69, 9.17) is 15.2 Å². The van der Waals surface area contributed by atoms with Crippen molar-refractivity contribution in [2.45, 2.75) is 19.9 Å². The minimum absolute atomic E-state index is 0.0269. The number of nitrogens with two attached hydrogens (primary N) is 1. The molecule has 1 aliphatic rings. The van der Waals surface area contributed by atoms with Gasteiger partial charge in [-0.25, -0.2) is 0 Å². The molecule has 3 aromatic rings. The molecule has 1 atom stereocenters. The molecule has 6 nitrogen and oxygen atoms in total. The Hall–Kier alpha value is -3.77. The minimum Gasteiger partial charge on any atom is -0.493 e. The minimum atomic E-state index is -0.190. The number of hydrogen-bond acceptors (Lipinski definition) is 5. The van der Waals surface area contributed by atoms with Crippen LogP contribution in [-0.4, -0.2) is 20.1 Å². The molecular formula is C27H29N3O3. The van der Waals surface area contributed by atoms with Crippen LogP contribution in [0.2, 0.25) is 0 Å². The van der Waals surface area contributed by atoms with Gasteiger partial charge in [0.25, 0.3) is 5.91 Å². The normalized spacial score (nSPS) is 15.0. The maximum Gasteiger partial charge on any atom is 0.258 e. The molecule has 0 saturated heterocycles. The van der Waals surface area contributed by atoms with E-state index in [0.29, 0.717) is 34.4 Å². The highest BCUT2D eigenvalue weighted by Crippen LogP contribution is 2.43. The van der Waals surface area contributed by atoms with E-state index in [0.717, 1.165) is 22.4 Å². The predicted molar refractivity (Wildman–Crippen MR) is 133 cm³/mol. The van der Waals surface area contributed by atoms with Crippen LogP contribution >= 0.6 is 0 Å². The first-order valence-corrected chi connectivity index (χ1v) is 10.9. The van der Waals surface area contributed by atoms with Crippen molar-refractivity contribution in [3.8, 4) is 11.5 Å². The monoisotopic (exact) mass is 443 g/mol. The molecule has 0 spiro atoms.